The van der Waals surface area contributed by atoms with Crippen molar-refractivity contribution in [1.29, 1.82) is 0 Å². The molecular weight excluding hydrogens is 354 g/mol. The number of nitrogens with one attached hydrogen (secondary N) is 1. The molecule has 146 valence electrons. The second-order valence-corrected chi connectivity index (χ2v) is 7.85. The molecule has 1 saturated heterocycles. The summed E-state index contributed by atoms with van der Waals surface area (Å²) in [6.45, 7) is 5.40. The summed E-state index contributed by atoms with van der Waals surface area (Å²) in [5, 5.41) is 0. The number of nitrogens with zero attached hydrogens (tertiary/aromatic N) is 2. The van der Waals surface area contributed by atoms with E-state index in [0.29, 0.717) is 6.61 Å². The van der Waals surface area contributed by atoms with E-state index in [4.69, 9.17) is 9.47 Å². The zero-order chi connectivity index (χ0) is 19.1. The van der Waals surface area contributed by atoms with Gasteiger partial charge in [0.25, 0.3) is 0 Å². The maximum absolute atomic E-state index is 12.4. The number of hydrogen-bond donors (Lipinski definition) is 1. The quantitative estimate of drug-likeness (QED) is 0.760. The van der Waals surface area contributed by atoms with Crippen LogP contribution < -0.4 is 15.2 Å². The third-order valence-corrected chi connectivity index (χ3v) is 5.83. The SMILES string of the molecule is Cc1ccc2c(c1)OCC(CN1CCC(n3c(=O)[nH]c4ccccc43)CC1)O2. The Balaban J connectivity index is 1.22. The number of hydrogen-bond acceptors (Lipinski definition) is 4. The van der Waals surface area contributed by atoms with Crippen LogP contribution in [0.4, 0.5) is 0 Å². The fraction of sp³-hybridized carbons (Fsp3) is 0.409. The molecule has 0 spiro atoms. The summed E-state index contributed by atoms with van der Waals surface area (Å²) < 4.78 is 14.0. The van der Waals surface area contributed by atoms with Gasteiger partial charge in [0.05, 0.1) is 11.0 Å². The summed E-state index contributed by atoms with van der Waals surface area (Å²) in [4.78, 5) is 17.8. The Morgan fingerprint density at radius 1 is 1.11 bits per heavy atom. The molecule has 0 saturated carbocycles. The van der Waals surface area contributed by atoms with Crippen molar-refractivity contribution >= 4 is 11.0 Å². The van der Waals surface area contributed by atoms with E-state index >= 15 is 0 Å². The van der Waals surface area contributed by atoms with Crippen LogP contribution in [0.3, 0.4) is 0 Å². The highest BCUT2D eigenvalue weighted by Crippen LogP contribution is 2.33. The van der Waals surface area contributed by atoms with Gasteiger partial charge in [0.1, 0.15) is 12.7 Å². The first-order valence-electron chi connectivity index (χ1n) is 9.99. The maximum Gasteiger partial charge on any atom is 0.326 e. The summed E-state index contributed by atoms with van der Waals surface area (Å²) in [7, 11) is 0. The normalized spacial score (nSPS) is 20.5. The average Bonchev–Trinajstić information content (AvgIpc) is 3.04. The number of para-hydroxylation sites is 2. The molecule has 1 fully saturated rings. The number of fused-ring (bicyclic) bond motifs is 2. The third kappa shape index (κ3) is 3.18. The number of H-pyrrole nitrogens is 1. The van der Waals surface area contributed by atoms with Crippen molar-refractivity contribution in [3.63, 3.8) is 0 Å². The standard InChI is InChI=1S/C22H25N3O3/c1-15-6-7-20-21(12-15)27-14-17(28-20)13-24-10-8-16(9-11-24)25-19-5-3-2-4-18(19)23-22(25)26/h2-7,12,16-17H,8-11,13-14H2,1H3,(H,23,26). The van der Waals surface area contributed by atoms with Gasteiger partial charge in [0, 0.05) is 25.7 Å². The Hall–Kier alpha value is -2.73. The van der Waals surface area contributed by atoms with E-state index in [2.05, 4.69) is 22.9 Å². The first kappa shape index (κ1) is 17.4. The number of benzene rings is 2. The Kier molecular flexibility index (Phi) is 4.36. The van der Waals surface area contributed by atoms with Crippen LogP contribution in [0.5, 0.6) is 11.5 Å². The molecule has 0 amide bonds. The van der Waals surface area contributed by atoms with Gasteiger partial charge in [-0.3, -0.25) is 9.47 Å². The van der Waals surface area contributed by atoms with Crippen LogP contribution >= 0.6 is 0 Å². The molecule has 0 radical (unpaired) electrons. The Morgan fingerprint density at radius 3 is 2.79 bits per heavy atom. The summed E-state index contributed by atoms with van der Waals surface area (Å²) in [5.74, 6) is 1.68. The lowest BCUT2D eigenvalue weighted by Crippen LogP contribution is -2.45. The van der Waals surface area contributed by atoms with Crippen LogP contribution in [-0.4, -0.2) is 46.8 Å². The topological polar surface area (TPSA) is 59.5 Å². The molecule has 2 aromatic carbocycles. The van der Waals surface area contributed by atoms with Gasteiger partial charge in [-0.25, -0.2) is 4.79 Å². The fourth-order valence-corrected chi connectivity index (χ4v) is 4.40. The van der Waals surface area contributed by atoms with Gasteiger partial charge in [-0.05, 0) is 49.6 Å². The molecular formula is C22H25N3O3. The lowest BCUT2D eigenvalue weighted by Gasteiger charge is -2.36. The second kappa shape index (κ2) is 7.02. The highest BCUT2D eigenvalue weighted by molar-refractivity contribution is 5.75. The van der Waals surface area contributed by atoms with Gasteiger partial charge < -0.3 is 14.5 Å². The van der Waals surface area contributed by atoms with Crippen LogP contribution in [0.15, 0.2) is 47.3 Å². The van der Waals surface area contributed by atoms with E-state index in [1.807, 2.05) is 41.0 Å². The number of likely N-dealkylation sites (tertiary alicyclic amines) is 1. The molecule has 3 aromatic rings. The predicted molar refractivity (Wildman–Crippen MR) is 108 cm³/mol. The molecule has 2 aliphatic rings. The van der Waals surface area contributed by atoms with Crippen molar-refractivity contribution < 1.29 is 9.47 Å². The van der Waals surface area contributed by atoms with Crippen LogP contribution in [-0.2, 0) is 0 Å². The van der Waals surface area contributed by atoms with Gasteiger partial charge in [-0.2, -0.15) is 0 Å². The van der Waals surface area contributed by atoms with Crippen molar-refractivity contribution in [3.8, 4) is 11.5 Å². The van der Waals surface area contributed by atoms with Crippen molar-refractivity contribution in [2.24, 2.45) is 0 Å². The second-order valence-electron chi connectivity index (χ2n) is 7.85. The molecule has 1 aromatic heterocycles. The Morgan fingerprint density at radius 2 is 1.93 bits per heavy atom. The highest BCUT2D eigenvalue weighted by atomic mass is 16.6. The number of piperidine rings is 1. The first-order chi connectivity index (χ1) is 13.7. The van der Waals surface area contributed by atoms with Crippen molar-refractivity contribution in [3.05, 3.63) is 58.5 Å². The molecule has 3 heterocycles. The lowest BCUT2D eigenvalue weighted by molar-refractivity contribution is 0.0485. The Bertz CT molecular complexity index is 1050. The molecule has 6 nitrogen and oxygen atoms in total. The predicted octanol–water partition coefficient (Wildman–Crippen LogP) is 3.11. The van der Waals surface area contributed by atoms with Gasteiger partial charge in [0.15, 0.2) is 11.5 Å². The molecule has 1 unspecified atom stereocenters. The van der Waals surface area contributed by atoms with E-state index in [1.54, 1.807) is 0 Å². The lowest BCUT2D eigenvalue weighted by atomic mass is 10.0. The number of aromatic nitrogens is 2. The average molecular weight is 379 g/mol. The van der Waals surface area contributed by atoms with Gasteiger partial charge in [-0.1, -0.05) is 18.2 Å². The molecule has 1 atom stereocenters. The monoisotopic (exact) mass is 379 g/mol. The van der Waals surface area contributed by atoms with Crippen LogP contribution in [0, 0.1) is 6.92 Å². The van der Waals surface area contributed by atoms with E-state index in [0.717, 1.165) is 55.0 Å². The zero-order valence-corrected chi connectivity index (χ0v) is 16.1. The molecule has 2 aliphatic heterocycles. The van der Waals surface area contributed by atoms with Crippen LogP contribution in [0.1, 0.15) is 24.4 Å². The molecule has 1 N–H and O–H groups in total. The first-order valence-corrected chi connectivity index (χ1v) is 9.99. The van der Waals surface area contributed by atoms with Crippen molar-refractivity contribution in [1.82, 2.24) is 14.5 Å². The highest BCUT2D eigenvalue weighted by Gasteiger charge is 2.28. The smallest absolute Gasteiger partial charge is 0.326 e. The summed E-state index contributed by atoms with van der Waals surface area (Å²) >= 11 is 0. The van der Waals surface area contributed by atoms with Gasteiger partial charge >= 0.3 is 5.69 Å². The molecule has 0 aliphatic carbocycles. The molecule has 5 rings (SSSR count). The van der Waals surface area contributed by atoms with Crippen LogP contribution in [0.25, 0.3) is 11.0 Å². The van der Waals surface area contributed by atoms with Gasteiger partial charge in [-0.15, -0.1) is 0 Å². The van der Waals surface area contributed by atoms with E-state index in [1.165, 1.54) is 5.56 Å². The van der Waals surface area contributed by atoms with E-state index < -0.39 is 0 Å². The number of ether oxygens (including phenoxy) is 2. The Labute approximate surface area is 163 Å². The summed E-state index contributed by atoms with van der Waals surface area (Å²) in [5.41, 5.74) is 3.09. The number of aromatic amines is 1. The minimum Gasteiger partial charge on any atom is -0.486 e. The fourth-order valence-electron chi connectivity index (χ4n) is 4.40. The third-order valence-electron chi connectivity index (χ3n) is 5.83. The zero-order valence-electron chi connectivity index (χ0n) is 16.1. The summed E-state index contributed by atoms with van der Waals surface area (Å²) in [6, 6.07) is 14.2. The largest absolute Gasteiger partial charge is 0.486 e. The minimum absolute atomic E-state index is 0.00411. The number of imidazole rings is 1. The van der Waals surface area contributed by atoms with E-state index in [9.17, 15) is 4.79 Å². The minimum atomic E-state index is -0.00411. The number of rotatable bonds is 3. The van der Waals surface area contributed by atoms with Gasteiger partial charge in [0.2, 0.25) is 0 Å². The maximum atomic E-state index is 12.4. The van der Waals surface area contributed by atoms with Crippen molar-refractivity contribution in [2.75, 3.05) is 26.2 Å². The molecule has 6 heteroatoms. The van der Waals surface area contributed by atoms with Crippen molar-refractivity contribution in [2.45, 2.75) is 31.9 Å². The molecule has 0 bridgehead atoms. The van der Waals surface area contributed by atoms with Crippen LogP contribution in [0.2, 0.25) is 0 Å². The number of aryl methyl sites for hydroxylation is 1. The summed E-state index contributed by atoms with van der Waals surface area (Å²) in [6.07, 6.45) is 1.97. The molecule has 28 heavy (non-hydrogen) atoms. The van der Waals surface area contributed by atoms with E-state index in [-0.39, 0.29) is 17.8 Å².